The highest BCUT2D eigenvalue weighted by Gasteiger charge is 1.95. The zero-order chi connectivity index (χ0) is 10.5. The Morgan fingerprint density at radius 3 is 2.33 bits per heavy atom. The van der Waals surface area contributed by atoms with Gasteiger partial charge in [0.2, 0.25) is 0 Å². The van der Waals surface area contributed by atoms with Gasteiger partial charge in [0.25, 0.3) is 0 Å². The van der Waals surface area contributed by atoms with E-state index in [4.69, 9.17) is 5.41 Å². The zero-order valence-corrected chi connectivity index (χ0v) is 8.48. The minimum absolute atomic E-state index is 0.933. The second-order valence-corrected chi connectivity index (χ2v) is 3.55. The lowest BCUT2D eigenvalue weighted by Crippen LogP contribution is -1.89. The van der Waals surface area contributed by atoms with Gasteiger partial charge < -0.3 is 5.41 Å². The fraction of sp³-hybridized carbons (Fsp3) is 0.0714. The summed E-state index contributed by atoms with van der Waals surface area (Å²) in [6, 6.07) is 18.5. The lowest BCUT2D eigenvalue weighted by atomic mass is 10.0. The van der Waals surface area contributed by atoms with Crippen molar-refractivity contribution >= 4 is 6.21 Å². The molecule has 15 heavy (non-hydrogen) atoms. The van der Waals surface area contributed by atoms with Gasteiger partial charge in [-0.3, -0.25) is 0 Å². The van der Waals surface area contributed by atoms with Gasteiger partial charge in [-0.15, -0.1) is 0 Å². The van der Waals surface area contributed by atoms with Crippen molar-refractivity contribution in [1.29, 1.82) is 5.41 Å². The van der Waals surface area contributed by atoms with Crippen LogP contribution in [0.3, 0.4) is 0 Å². The third-order valence-corrected chi connectivity index (χ3v) is 2.37. The summed E-state index contributed by atoms with van der Waals surface area (Å²) in [6.45, 7) is 0. The Morgan fingerprint density at radius 1 is 0.867 bits per heavy atom. The number of benzene rings is 2. The van der Waals surface area contributed by atoms with Crippen LogP contribution in [0.5, 0.6) is 0 Å². The van der Waals surface area contributed by atoms with E-state index in [0.29, 0.717) is 0 Å². The van der Waals surface area contributed by atoms with Crippen LogP contribution in [0.2, 0.25) is 0 Å². The largest absolute Gasteiger partial charge is 0.308 e. The molecule has 0 aliphatic rings. The first-order valence-corrected chi connectivity index (χ1v) is 5.02. The third-order valence-electron chi connectivity index (χ3n) is 2.37. The van der Waals surface area contributed by atoms with Crippen LogP contribution < -0.4 is 0 Å². The Bertz CT molecular complexity index is 446. The fourth-order valence-corrected chi connectivity index (χ4v) is 1.62. The molecule has 0 aliphatic heterocycles. The first-order valence-electron chi connectivity index (χ1n) is 5.02. The second-order valence-electron chi connectivity index (χ2n) is 3.55. The molecule has 0 heterocycles. The van der Waals surface area contributed by atoms with E-state index in [1.165, 1.54) is 17.3 Å². The Balaban J connectivity index is 2.21. The zero-order valence-electron chi connectivity index (χ0n) is 8.48. The van der Waals surface area contributed by atoms with Crippen LogP contribution in [0.25, 0.3) is 0 Å². The molecule has 1 heteroatoms. The summed E-state index contributed by atoms with van der Waals surface area (Å²) in [6.07, 6.45) is 2.32. The Morgan fingerprint density at radius 2 is 1.60 bits per heavy atom. The molecular weight excluding hydrogens is 182 g/mol. The van der Waals surface area contributed by atoms with Crippen molar-refractivity contribution in [2.75, 3.05) is 0 Å². The van der Waals surface area contributed by atoms with Crippen molar-refractivity contribution in [1.82, 2.24) is 0 Å². The Labute approximate surface area is 89.9 Å². The van der Waals surface area contributed by atoms with Crippen molar-refractivity contribution in [2.24, 2.45) is 0 Å². The van der Waals surface area contributed by atoms with Crippen molar-refractivity contribution < 1.29 is 0 Å². The molecular formula is C14H13N. The molecule has 2 rings (SSSR count). The van der Waals surface area contributed by atoms with E-state index in [-0.39, 0.29) is 0 Å². The van der Waals surface area contributed by atoms with Gasteiger partial charge in [0, 0.05) is 6.21 Å². The van der Waals surface area contributed by atoms with Crippen LogP contribution >= 0.6 is 0 Å². The molecule has 0 saturated heterocycles. The van der Waals surface area contributed by atoms with E-state index >= 15 is 0 Å². The number of rotatable bonds is 3. The summed E-state index contributed by atoms with van der Waals surface area (Å²) in [4.78, 5) is 0. The first-order chi connectivity index (χ1) is 7.38. The van der Waals surface area contributed by atoms with Crippen molar-refractivity contribution in [3.8, 4) is 0 Å². The van der Waals surface area contributed by atoms with Crippen LogP contribution in [0.4, 0.5) is 0 Å². The highest BCUT2D eigenvalue weighted by Crippen LogP contribution is 2.10. The van der Waals surface area contributed by atoms with Crippen LogP contribution in [0.1, 0.15) is 16.7 Å². The minimum Gasteiger partial charge on any atom is -0.308 e. The number of nitrogens with one attached hydrogen (secondary N) is 1. The molecule has 0 atom stereocenters. The van der Waals surface area contributed by atoms with Gasteiger partial charge in [-0.1, -0.05) is 48.5 Å². The van der Waals surface area contributed by atoms with E-state index in [2.05, 4.69) is 36.4 Å². The average Bonchev–Trinajstić information content (AvgIpc) is 2.31. The molecule has 0 spiro atoms. The standard InChI is InChI=1S/C14H13N/c15-11-14-8-4-7-13(10-14)9-12-5-2-1-3-6-12/h1-8,10-11,15H,9H2. The van der Waals surface area contributed by atoms with Gasteiger partial charge in [-0.2, -0.15) is 0 Å². The van der Waals surface area contributed by atoms with Gasteiger partial charge in [0.1, 0.15) is 0 Å². The lowest BCUT2D eigenvalue weighted by molar-refractivity contribution is 1.19. The maximum Gasteiger partial charge on any atom is 0.0250 e. The van der Waals surface area contributed by atoms with Crippen LogP contribution in [0.15, 0.2) is 54.6 Å². The highest BCUT2D eigenvalue weighted by molar-refractivity contribution is 5.77. The SMILES string of the molecule is N=Cc1cccc(Cc2ccccc2)c1. The van der Waals surface area contributed by atoms with Gasteiger partial charge >= 0.3 is 0 Å². The quantitative estimate of drug-likeness (QED) is 0.727. The first kappa shape index (κ1) is 9.66. The normalized spacial score (nSPS) is 9.87. The molecule has 74 valence electrons. The third kappa shape index (κ3) is 2.53. The maximum absolute atomic E-state index is 7.20. The van der Waals surface area contributed by atoms with Crippen LogP contribution in [-0.4, -0.2) is 6.21 Å². The summed E-state index contributed by atoms with van der Waals surface area (Å²) >= 11 is 0. The Kier molecular flexibility index (Phi) is 2.93. The summed E-state index contributed by atoms with van der Waals surface area (Å²) in [5.74, 6) is 0. The summed E-state index contributed by atoms with van der Waals surface area (Å²) < 4.78 is 0. The molecule has 0 unspecified atom stereocenters. The molecule has 2 aromatic rings. The average molecular weight is 195 g/mol. The van der Waals surface area contributed by atoms with Crippen molar-refractivity contribution in [3.63, 3.8) is 0 Å². The van der Waals surface area contributed by atoms with Gasteiger partial charge in [0.05, 0.1) is 0 Å². The number of hydrogen-bond donors (Lipinski definition) is 1. The molecule has 0 fully saturated rings. The smallest absolute Gasteiger partial charge is 0.0250 e. The highest BCUT2D eigenvalue weighted by atomic mass is 14.3. The predicted octanol–water partition coefficient (Wildman–Crippen LogP) is 3.28. The molecule has 2 aromatic carbocycles. The molecule has 0 aliphatic carbocycles. The summed E-state index contributed by atoms with van der Waals surface area (Å²) in [7, 11) is 0. The van der Waals surface area contributed by atoms with Crippen molar-refractivity contribution in [3.05, 3.63) is 71.3 Å². The molecule has 0 radical (unpaired) electrons. The van der Waals surface area contributed by atoms with Crippen LogP contribution in [0, 0.1) is 5.41 Å². The lowest BCUT2D eigenvalue weighted by Gasteiger charge is -2.02. The minimum atomic E-state index is 0.933. The second kappa shape index (κ2) is 4.56. The summed E-state index contributed by atoms with van der Waals surface area (Å²) in [5, 5.41) is 7.20. The molecule has 1 N–H and O–H groups in total. The van der Waals surface area contributed by atoms with E-state index in [1.807, 2.05) is 18.2 Å². The summed E-state index contributed by atoms with van der Waals surface area (Å²) in [5.41, 5.74) is 3.52. The van der Waals surface area contributed by atoms with Gasteiger partial charge in [-0.05, 0) is 29.2 Å². The number of hydrogen-bond acceptors (Lipinski definition) is 1. The monoisotopic (exact) mass is 195 g/mol. The topological polar surface area (TPSA) is 23.9 Å². The maximum atomic E-state index is 7.20. The van der Waals surface area contributed by atoms with E-state index < -0.39 is 0 Å². The van der Waals surface area contributed by atoms with E-state index in [9.17, 15) is 0 Å². The van der Waals surface area contributed by atoms with Gasteiger partial charge in [-0.25, -0.2) is 0 Å². The van der Waals surface area contributed by atoms with Crippen LogP contribution in [-0.2, 0) is 6.42 Å². The molecule has 0 bridgehead atoms. The van der Waals surface area contributed by atoms with Gasteiger partial charge in [0.15, 0.2) is 0 Å². The molecule has 0 aromatic heterocycles. The Hall–Kier alpha value is -1.89. The van der Waals surface area contributed by atoms with E-state index in [0.717, 1.165) is 12.0 Å². The van der Waals surface area contributed by atoms with E-state index in [1.54, 1.807) is 0 Å². The molecule has 0 saturated carbocycles. The predicted molar refractivity (Wildman–Crippen MR) is 63.6 cm³/mol. The fourth-order valence-electron chi connectivity index (χ4n) is 1.62. The van der Waals surface area contributed by atoms with Crippen molar-refractivity contribution in [2.45, 2.75) is 6.42 Å². The molecule has 1 nitrogen and oxygen atoms in total. The molecule has 0 amide bonds.